The Balaban J connectivity index is 1.74. The Morgan fingerprint density at radius 3 is 2.37 bits per heavy atom. The second-order valence-corrected chi connectivity index (χ2v) is 8.08. The maximum atomic E-state index is 13.4. The Labute approximate surface area is 203 Å². The number of carbonyl (C=O) groups is 1. The molecule has 0 aliphatic heterocycles. The normalized spacial score (nSPS) is 12.4. The fraction of sp³-hybridized carbons (Fsp3) is 0.154. The van der Waals surface area contributed by atoms with Crippen LogP contribution >= 0.6 is 11.6 Å². The van der Waals surface area contributed by atoms with Gasteiger partial charge in [0, 0.05) is 10.6 Å². The minimum atomic E-state index is -4.66. The van der Waals surface area contributed by atoms with Gasteiger partial charge in [0.2, 0.25) is 11.2 Å². The standard InChI is InChI=1S/C26H19ClF3NO4/c1-2-20(25(33)31-19-9-5-4-8-18(19)26(28,29)30)34-24-22(32)17-7-3-6-10-21(17)35-23(24)15-11-13-16(27)14-12-15/h3-14,20H,2H2,1H3,(H,31,33). The van der Waals surface area contributed by atoms with Crippen molar-refractivity contribution in [1.82, 2.24) is 0 Å². The van der Waals surface area contributed by atoms with Crippen molar-refractivity contribution in [2.45, 2.75) is 25.6 Å². The molecule has 1 aromatic heterocycles. The first-order valence-corrected chi connectivity index (χ1v) is 11.0. The summed E-state index contributed by atoms with van der Waals surface area (Å²) in [6.07, 6.45) is -5.86. The highest BCUT2D eigenvalue weighted by molar-refractivity contribution is 6.30. The maximum Gasteiger partial charge on any atom is 0.418 e. The SMILES string of the molecule is CCC(Oc1c(-c2ccc(Cl)cc2)oc2ccccc2c1=O)C(=O)Nc1ccccc1C(F)(F)F. The molecule has 0 saturated carbocycles. The molecule has 4 aromatic rings. The van der Waals surface area contributed by atoms with Crippen LogP contribution in [-0.4, -0.2) is 12.0 Å². The molecule has 0 aliphatic rings. The van der Waals surface area contributed by atoms with Crippen LogP contribution < -0.4 is 15.5 Å². The predicted octanol–water partition coefficient (Wildman–Crippen LogP) is 6.93. The molecule has 0 radical (unpaired) electrons. The number of ether oxygens (including phenoxy) is 1. The quantitative estimate of drug-likeness (QED) is 0.311. The number of anilines is 1. The van der Waals surface area contributed by atoms with E-state index in [-0.39, 0.29) is 23.3 Å². The average molecular weight is 502 g/mol. The molecule has 1 amide bonds. The molecular formula is C26H19ClF3NO4. The van der Waals surface area contributed by atoms with Gasteiger partial charge in [-0.1, -0.05) is 42.8 Å². The summed E-state index contributed by atoms with van der Waals surface area (Å²) in [4.78, 5) is 26.3. The number of amides is 1. The molecule has 0 aliphatic carbocycles. The summed E-state index contributed by atoms with van der Waals surface area (Å²) in [6.45, 7) is 1.62. The number of hydrogen-bond donors (Lipinski definition) is 1. The lowest BCUT2D eigenvalue weighted by Gasteiger charge is -2.20. The van der Waals surface area contributed by atoms with Gasteiger partial charge in [-0.05, 0) is 55.0 Å². The number of fused-ring (bicyclic) bond motifs is 1. The van der Waals surface area contributed by atoms with Gasteiger partial charge >= 0.3 is 6.18 Å². The second-order valence-electron chi connectivity index (χ2n) is 7.64. The van der Waals surface area contributed by atoms with Crippen molar-refractivity contribution in [1.29, 1.82) is 0 Å². The molecule has 3 aromatic carbocycles. The summed E-state index contributed by atoms with van der Waals surface area (Å²) in [5, 5.41) is 2.98. The third kappa shape index (κ3) is 5.17. The van der Waals surface area contributed by atoms with Gasteiger partial charge in [0.25, 0.3) is 5.91 Å². The topological polar surface area (TPSA) is 68.5 Å². The summed E-state index contributed by atoms with van der Waals surface area (Å²) in [6, 6.07) is 17.6. The molecule has 0 spiro atoms. The Morgan fingerprint density at radius 2 is 1.69 bits per heavy atom. The van der Waals surface area contributed by atoms with E-state index in [1.807, 2.05) is 0 Å². The first-order chi connectivity index (χ1) is 16.7. The number of nitrogens with one attached hydrogen (secondary N) is 1. The first-order valence-electron chi connectivity index (χ1n) is 10.6. The van der Waals surface area contributed by atoms with E-state index in [0.717, 1.165) is 12.1 Å². The fourth-order valence-electron chi connectivity index (χ4n) is 3.54. The van der Waals surface area contributed by atoms with Crippen LogP contribution in [0.4, 0.5) is 18.9 Å². The summed E-state index contributed by atoms with van der Waals surface area (Å²) in [5.41, 5.74) is -1.12. The van der Waals surface area contributed by atoms with Crippen molar-refractivity contribution >= 4 is 34.2 Å². The molecule has 9 heteroatoms. The van der Waals surface area contributed by atoms with E-state index < -0.39 is 34.9 Å². The van der Waals surface area contributed by atoms with Gasteiger partial charge in [-0.3, -0.25) is 9.59 Å². The monoisotopic (exact) mass is 501 g/mol. The van der Waals surface area contributed by atoms with Gasteiger partial charge in [-0.25, -0.2) is 0 Å². The summed E-state index contributed by atoms with van der Waals surface area (Å²) >= 11 is 5.98. The van der Waals surface area contributed by atoms with Crippen LogP contribution in [0.2, 0.25) is 5.02 Å². The van der Waals surface area contributed by atoms with E-state index in [0.29, 0.717) is 16.2 Å². The Bertz CT molecular complexity index is 1430. The number of para-hydroxylation sites is 2. The van der Waals surface area contributed by atoms with Crippen LogP contribution in [-0.2, 0) is 11.0 Å². The van der Waals surface area contributed by atoms with Crippen molar-refractivity contribution < 1.29 is 27.1 Å². The summed E-state index contributed by atoms with van der Waals surface area (Å²) in [7, 11) is 0. The Morgan fingerprint density at radius 1 is 1.03 bits per heavy atom. The molecule has 0 saturated heterocycles. The van der Waals surface area contributed by atoms with Crippen LogP contribution in [0.25, 0.3) is 22.3 Å². The minimum Gasteiger partial charge on any atom is -0.473 e. The maximum absolute atomic E-state index is 13.4. The highest BCUT2D eigenvalue weighted by Crippen LogP contribution is 2.35. The van der Waals surface area contributed by atoms with Gasteiger partial charge in [0.05, 0.1) is 16.6 Å². The molecule has 1 N–H and O–H groups in total. The molecule has 180 valence electrons. The van der Waals surface area contributed by atoms with E-state index in [2.05, 4.69) is 5.32 Å². The summed E-state index contributed by atoms with van der Waals surface area (Å²) < 4.78 is 51.9. The first kappa shape index (κ1) is 24.3. The van der Waals surface area contributed by atoms with E-state index in [9.17, 15) is 22.8 Å². The number of rotatable bonds is 6. The van der Waals surface area contributed by atoms with Gasteiger partial charge in [0.1, 0.15) is 5.58 Å². The van der Waals surface area contributed by atoms with Crippen molar-refractivity contribution in [3.05, 3.63) is 93.6 Å². The molecule has 1 unspecified atom stereocenters. The number of benzene rings is 3. The van der Waals surface area contributed by atoms with Crippen molar-refractivity contribution in [2.24, 2.45) is 0 Å². The van der Waals surface area contributed by atoms with Gasteiger partial charge in [-0.15, -0.1) is 0 Å². The molecule has 4 rings (SSSR count). The van der Waals surface area contributed by atoms with Crippen LogP contribution in [0.1, 0.15) is 18.9 Å². The number of hydrogen-bond acceptors (Lipinski definition) is 4. The van der Waals surface area contributed by atoms with Gasteiger partial charge < -0.3 is 14.5 Å². The zero-order valence-corrected chi connectivity index (χ0v) is 19.1. The fourth-order valence-corrected chi connectivity index (χ4v) is 3.67. The lowest BCUT2D eigenvalue weighted by molar-refractivity contribution is -0.137. The van der Waals surface area contributed by atoms with Crippen LogP contribution in [0.15, 0.2) is 82.0 Å². The smallest absolute Gasteiger partial charge is 0.418 e. The lowest BCUT2D eigenvalue weighted by atomic mass is 10.1. The highest BCUT2D eigenvalue weighted by atomic mass is 35.5. The third-order valence-corrected chi connectivity index (χ3v) is 5.53. The van der Waals surface area contributed by atoms with Crippen LogP contribution in [0.5, 0.6) is 5.75 Å². The van der Waals surface area contributed by atoms with Crippen molar-refractivity contribution in [3.63, 3.8) is 0 Å². The van der Waals surface area contributed by atoms with Crippen LogP contribution in [0, 0.1) is 0 Å². The van der Waals surface area contributed by atoms with E-state index >= 15 is 0 Å². The minimum absolute atomic E-state index is 0.0757. The molecule has 5 nitrogen and oxygen atoms in total. The molecule has 0 bridgehead atoms. The largest absolute Gasteiger partial charge is 0.473 e. The second kappa shape index (κ2) is 9.84. The zero-order valence-electron chi connectivity index (χ0n) is 18.4. The zero-order chi connectivity index (χ0) is 25.2. The third-order valence-electron chi connectivity index (χ3n) is 5.28. The van der Waals surface area contributed by atoms with E-state index in [1.54, 1.807) is 55.5 Å². The molecule has 35 heavy (non-hydrogen) atoms. The number of carbonyl (C=O) groups excluding carboxylic acids is 1. The average Bonchev–Trinajstić information content (AvgIpc) is 2.83. The van der Waals surface area contributed by atoms with Crippen molar-refractivity contribution in [3.8, 4) is 17.1 Å². The van der Waals surface area contributed by atoms with E-state index in [1.165, 1.54) is 12.1 Å². The Kier molecular flexibility index (Phi) is 6.84. The lowest BCUT2D eigenvalue weighted by Crippen LogP contribution is -2.34. The molecule has 1 atom stereocenters. The molecule has 0 fully saturated rings. The highest BCUT2D eigenvalue weighted by Gasteiger charge is 2.34. The molecular weight excluding hydrogens is 483 g/mol. The van der Waals surface area contributed by atoms with Crippen LogP contribution in [0.3, 0.4) is 0 Å². The summed E-state index contributed by atoms with van der Waals surface area (Å²) in [5.74, 6) is -0.983. The van der Waals surface area contributed by atoms with Gasteiger partial charge in [-0.2, -0.15) is 13.2 Å². The molecule has 1 heterocycles. The Hall–Kier alpha value is -3.78. The van der Waals surface area contributed by atoms with E-state index in [4.69, 9.17) is 20.8 Å². The van der Waals surface area contributed by atoms with Crippen molar-refractivity contribution in [2.75, 3.05) is 5.32 Å². The predicted molar refractivity (Wildman–Crippen MR) is 128 cm³/mol. The number of alkyl halides is 3. The number of halogens is 4. The van der Waals surface area contributed by atoms with Gasteiger partial charge in [0.15, 0.2) is 11.9 Å².